The van der Waals surface area contributed by atoms with E-state index in [0.29, 0.717) is 0 Å². The van der Waals surface area contributed by atoms with E-state index in [9.17, 15) is 0 Å². The summed E-state index contributed by atoms with van der Waals surface area (Å²) in [7, 11) is 0. The zero-order chi connectivity index (χ0) is 28.0. The minimum absolute atomic E-state index is 0.0867. The summed E-state index contributed by atoms with van der Waals surface area (Å²) in [5, 5.41) is 7.46. The second kappa shape index (κ2) is 9.94. The van der Waals surface area contributed by atoms with Gasteiger partial charge in [-0.25, -0.2) is 0 Å². The number of hydrogen-bond donors (Lipinski definition) is 0. The van der Waals surface area contributed by atoms with Gasteiger partial charge >= 0.3 is 0 Å². The Labute approximate surface area is 242 Å². The monoisotopic (exact) mass is 527 g/mol. The van der Waals surface area contributed by atoms with Crippen molar-refractivity contribution in [2.24, 2.45) is 0 Å². The SMILES string of the molecule is CC(C)(C)c1ccc(N(c2ccc3ccccc3c2)c2ccc3ccccc3c2-c2cccc3ccccc23)cc1. The molecule has 0 aliphatic rings. The van der Waals surface area contributed by atoms with Crippen LogP contribution in [-0.4, -0.2) is 0 Å². The standard InChI is InChI=1S/C40H33N/c1-40(2,3)32-21-24-33(25-22-32)41(34-23-19-28-11-4-5-14-31(28)27-34)38-26-20-30-13-7-9-17-36(30)39(38)37-18-10-15-29-12-6-8-16-35(29)37/h4-27H,1-3H3. The van der Waals surface area contributed by atoms with Crippen LogP contribution in [0, 0.1) is 0 Å². The number of benzene rings is 7. The van der Waals surface area contributed by atoms with Gasteiger partial charge in [-0.2, -0.15) is 0 Å². The summed E-state index contributed by atoms with van der Waals surface area (Å²) in [6, 6.07) is 53.2. The Bertz CT molecular complexity index is 2020. The van der Waals surface area contributed by atoms with E-state index in [-0.39, 0.29) is 5.41 Å². The van der Waals surface area contributed by atoms with Crippen LogP contribution in [-0.2, 0) is 5.41 Å². The molecule has 0 fully saturated rings. The lowest BCUT2D eigenvalue weighted by molar-refractivity contribution is 0.590. The van der Waals surface area contributed by atoms with Crippen LogP contribution in [0.15, 0.2) is 146 Å². The van der Waals surface area contributed by atoms with Crippen LogP contribution in [0.25, 0.3) is 43.4 Å². The summed E-state index contributed by atoms with van der Waals surface area (Å²) >= 11 is 0. The number of rotatable bonds is 4. The van der Waals surface area contributed by atoms with Gasteiger partial charge in [0.2, 0.25) is 0 Å². The Hall–Kier alpha value is -4.88. The highest BCUT2D eigenvalue weighted by atomic mass is 15.1. The molecule has 0 aromatic heterocycles. The fraction of sp³-hybridized carbons (Fsp3) is 0.100. The van der Waals surface area contributed by atoms with Crippen molar-refractivity contribution in [1.29, 1.82) is 0 Å². The van der Waals surface area contributed by atoms with Crippen molar-refractivity contribution >= 4 is 49.4 Å². The molecule has 0 atom stereocenters. The average molecular weight is 528 g/mol. The molecule has 7 rings (SSSR count). The summed E-state index contributed by atoms with van der Waals surface area (Å²) < 4.78 is 0. The third-order valence-corrected chi connectivity index (χ3v) is 8.19. The van der Waals surface area contributed by atoms with Crippen molar-refractivity contribution < 1.29 is 0 Å². The van der Waals surface area contributed by atoms with E-state index in [0.717, 1.165) is 11.4 Å². The molecular formula is C40H33N. The number of fused-ring (bicyclic) bond motifs is 3. The summed E-state index contributed by atoms with van der Waals surface area (Å²) in [5.41, 5.74) is 7.35. The Morgan fingerprint density at radius 3 is 1.73 bits per heavy atom. The largest absolute Gasteiger partial charge is 0.310 e. The van der Waals surface area contributed by atoms with E-state index in [1.54, 1.807) is 0 Å². The van der Waals surface area contributed by atoms with E-state index in [1.165, 1.54) is 54.7 Å². The molecule has 0 unspecified atom stereocenters. The van der Waals surface area contributed by atoms with Crippen LogP contribution >= 0.6 is 0 Å². The first-order chi connectivity index (χ1) is 20.0. The van der Waals surface area contributed by atoms with Gasteiger partial charge in [0, 0.05) is 16.9 Å². The molecule has 41 heavy (non-hydrogen) atoms. The average Bonchev–Trinajstić information content (AvgIpc) is 3.00. The van der Waals surface area contributed by atoms with Gasteiger partial charge in [0.15, 0.2) is 0 Å². The Balaban J connectivity index is 1.55. The highest BCUT2D eigenvalue weighted by Crippen LogP contribution is 2.46. The lowest BCUT2D eigenvalue weighted by Gasteiger charge is -2.30. The molecule has 0 radical (unpaired) electrons. The van der Waals surface area contributed by atoms with Crippen LogP contribution in [0.5, 0.6) is 0 Å². The molecule has 1 heteroatoms. The zero-order valence-corrected chi connectivity index (χ0v) is 23.8. The number of hydrogen-bond acceptors (Lipinski definition) is 1. The lowest BCUT2D eigenvalue weighted by atomic mass is 9.87. The van der Waals surface area contributed by atoms with E-state index >= 15 is 0 Å². The third-order valence-electron chi connectivity index (χ3n) is 8.19. The van der Waals surface area contributed by atoms with Gasteiger partial charge in [0.05, 0.1) is 5.69 Å². The molecule has 7 aromatic carbocycles. The van der Waals surface area contributed by atoms with E-state index in [2.05, 4.69) is 171 Å². The van der Waals surface area contributed by atoms with Gasteiger partial charge < -0.3 is 4.90 Å². The maximum Gasteiger partial charge on any atom is 0.0546 e. The van der Waals surface area contributed by atoms with Crippen molar-refractivity contribution in [2.45, 2.75) is 26.2 Å². The molecule has 1 nitrogen and oxygen atoms in total. The molecule has 0 aliphatic heterocycles. The third kappa shape index (κ3) is 4.54. The Morgan fingerprint density at radius 1 is 0.439 bits per heavy atom. The van der Waals surface area contributed by atoms with Crippen LogP contribution in [0.3, 0.4) is 0 Å². The number of anilines is 3. The minimum atomic E-state index is 0.0867. The Morgan fingerprint density at radius 2 is 1.00 bits per heavy atom. The van der Waals surface area contributed by atoms with E-state index in [4.69, 9.17) is 0 Å². The molecule has 0 amide bonds. The van der Waals surface area contributed by atoms with E-state index < -0.39 is 0 Å². The van der Waals surface area contributed by atoms with Gasteiger partial charge in [-0.05, 0) is 79.2 Å². The molecule has 0 aliphatic carbocycles. The molecule has 0 spiro atoms. The molecule has 0 saturated carbocycles. The first-order valence-electron chi connectivity index (χ1n) is 14.4. The fourth-order valence-corrected chi connectivity index (χ4v) is 6.03. The van der Waals surface area contributed by atoms with Crippen LogP contribution in [0.1, 0.15) is 26.3 Å². The van der Waals surface area contributed by atoms with Crippen LogP contribution in [0.4, 0.5) is 17.1 Å². The van der Waals surface area contributed by atoms with Gasteiger partial charge in [-0.15, -0.1) is 0 Å². The molecule has 0 saturated heterocycles. The molecule has 7 aromatic rings. The van der Waals surface area contributed by atoms with Gasteiger partial charge in [0.25, 0.3) is 0 Å². The van der Waals surface area contributed by atoms with Crippen molar-refractivity contribution in [3.05, 3.63) is 151 Å². The summed E-state index contributed by atoms with van der Waals surface area (Å²) in [4.78, 5) is 2.43. The minimum Gasteiger partial charge on any atom is -0.310 e. The molecular weight excluding hydrogens is 494 g/mol. The van der Waals surface area contributed by atoms with Crippen LogP contribution in [0.2, 0.25) is 0 Å². The van der Waals surface area contributed by atoms with Gasteiger partial charge in [-0.3, -0.25) is 0 Å². The van der Waals surface area contributed by atoms with Crippen molar-refractivity contribution in [2.75, 3.05) is 4.90 Å². The first kappa shape index (κ1) is 25.1. The predicted molar refractivity (Wildman–Crippen MR) is 178 cm³/mol. The summed E-state index contributed by atoms with van der Waals surface area (Å²) in [5.74, 6) is 0. The molecule has 198 valence electrons. The van der Waals surface area contributed by atoms with Gasteiger partial charge in [-0.1, -0.05) is 136 Å². The maximum atomic E-state index is 2.43. The molecule has 0 bridgehead atoms. The summed E-state index contributed by atoms with van der Waals surface area (Å²) in [6.07, 6.45) is 0. The smallest absolute Gasteiger partial charge is 0.0546 e. The second-order valence-corrected chi connectivity index (χ2v) is 11.9. The maximum absolute atomic E-state index is 2.43. The topological polar surface area (TPSA) is 3.24 Å². The van der Waals surface area contributed by atoms with Crippen molar-refractivity contribution in [3.8, 4) is 11.1 Å². The molecule has 0 N–H and O–H groups in total. The van der Waals surface area contributed by atoms with Gasteiger partial charge in [0.1, 0.15) is 0 Å². The Kier molecular flexibility index (Phi) is 6.09. The second-order valence-electron chi connectivity index (χ2n) is 11.9. The predicted octanol–water partition coefficient (Wildman–Crippen LogP) is 11.6. The summed E-state index contributed by atoms with van der Waals surface area (Å²) in [6.45, 7) is 6.81. The highest BCUT2D eigenvalue weighted by molar-refractivity contribution is 6.11. The zero-order valence-electron chi connectivity index (χ0n) is 23.8. The quantitative estimate of drug-likeness (QED) is 0.220. The lowest BCUT2D eigenvalue weighted by Crippen LogP contribution is -2.14. The van der Waals surface area contributed by atoms with Crippen molar-refractivity contribution in [3.63, 3.8) is 0 Å². The normalized spacial score (nSPS) is 11.8. The number of nitrogens with zero attached hydrogens (tertiary/aromatic N) is 1. The van der Waals surface area contributed by atoms with Crippen LogP contribution < -0.4 is 4.90 Å². The highest BCUT2D eigenvalue weighted by Gasteiger charge is 2.22. The molecule has 0 heterocycles. The fourth-order valence-electron chi connectivity index (χ4n) is 6.03. The van der Waals surface area contributed by atoms with Crippen molar-refractivity contribution in [1.82, 2.24) is 0 Å². The van der Waals surface area contributed by atoms with E-state index in [1.807, 2.05) is 0 Å². The first-order valence-corrected chi connectivity index (χ1v) is 14.4.